The highest BCUT2D eigenvalue weighted by molar-refractivity contribution is 6.30. The second kappa shape index (κ2) is 9.79. The Morgan fingerprint density at radius 2 is 1.86 bits per heavy atom. The number of halogens is 1. The molecule has 0 unspecified atom stereocenters. The summed E-state index contributed by atoms with van der Waals surface area (Å²) in [6.45, 7) is 2.99. The number of nitrogens with two attached hydrogens (primary N) is 1. The number of amides is 2. The number of nitrogens with zero attached hydrogens (tertiary/aromatic N) is 1. The highest BCUT2D eigenvalue weighted by atomic mass is 35.5. The maximum Gasteiger partial charge on any atom is 0.283 e. The van der Waals surface area contributed by atoms with Crippen LogP contribution in [-0.2, 0) is 9.59 Å². The highest BCUT2D eigenvalue weighted by Gasteiger charge is 2.29. The van der Waals surface area contributed by atoms with Crippen LogP contribution in [-0.4, -0.2) is 37.3 Å². The van der Waals surface area contributed by atoms with Gasteiger partial charge in [-0.3, -0.25) is 9.59 Å². The maximum atomic E-state index is 12.4. The second-order valence-corrected chi connectivity index (χ2v) is 6.87. The Labute approximate surface area is 173 Å². The lowest BCUT2D eigenvalue weighted by atomic mass is 10.1. The van der Waals surface area contributed by atoms with Gasteiger partial charge >= 0.3 is 0 Å². The summed E-state index contributed by atoms with van der Waals surface area (Å²) in [6.07, 6.45) is 1.44. The number of hydrogen-bond acceptors (Lipinski definition) is 6. The fourth-order valence-electron chi connectivity index (χ4n) is 2.18. The van der Waals surface area contributed by atoms with Gasteiger partial charge in [-0.05, 0) is 61.9 Å². The first-order valence-electron chi connectivity index (χ1n) is 8.58. The van der Waals surface area contributed by atoms with E-state index in [0.717, 1.165) is 0 Å². The first-order valence-corrected chi connectivity index (χ1v) is 8.96. The number of hydrazone groups is 1. The highest BCUT2D eigenvalue weighted by Crippen LogP contribution is 2.27. The Balaban J connectivity index is 1.99. The quantitative estimate of drug-likeness (QED) is 0.479. The number of rotatable bonds is 9. The summed E-state index contributed by atoms with van der Waals surface area (Å²) in [6, 6.07) is 11.6. The van der Waals surface area contributed by atoms with Gasteiger partial charge in [-0.25, -0.2) is 5.43 Å². The zero-order valence-corrected chi connectivity index (χ0v) is 17.0. The van der Waals surface area contributed by atoms with Crippen molar-refractivity contribution >= 4 is 29.6 Å². The van der Waals surface area contributed by atoms with Crippen LogP contribution in [0.15, 0.2) is 47.6 Å². The summed E-state index contributed by atoms with van der Waals surface area (Å²) < 4.78 is 16.2. The van der Waals surface area contributed by atoms with Crippen LogP contribution in [0.5, 0.6) is 17.2 Å². The van der Waals surface area contributed by atoms with Crippen molar-refractivity contribution < 1.29 is 23.8 Å². The molecule has 2 aromatic rings. The molecule has 0 saturated carbocycles. The van der Waals surface area contributed by atoms with Crippen molar-refractivity contribution in [1.29, 1.82) is 0 Å². The summed E-state index contributed by atoms with van der Waals surface area (Å²) in [5.74, 6) is 0.244. The topological polar surface area (TPSA) is 112 Å². The zero-order valence-electron chi connectivity index (χ0n) is 16.3. The molecule has 154 valence electrons. The van der Waals surface area contributed by atoms with Crippen LogP contribution < -0.4 is 25.4 Å². The summed E-state index contributed by atoms with van der Waals surface area (Å²) >= 11 is 5.84. The third-order valence-electron chi connectivity index (χ3n) is 3.67. The minimum Gasteiger partial charge on any atom is -0.493 e. The summed E-state index contributed by atoms with van der Waals surface area (Å²) in [5.41, 5.74) is 6.99. The summed E-state index contributed by atoms with van der Waals surface area (Å²) in [4.78, 5) is 23.2. The number of primary amides is 1. The molecule has 0 aromatic heterocycles. The van der Waals surface area contributed by atoms with E-state index in [2.05, 4.69) is 10.5 Å². The van der Waals surface area contributed by atoms with Crippen molar-refractivity contribution in [2.24, 2.45) is 10.8 Å². The van der Waals surface area contributed by atoms with Gasteiger partial charge in [0.25, 0.3) is 11.8 Å². The van der Waals surface area contributed by atoms with Gasteiger partial charge in [-0.15, -0.1) is 0 Å². The van der Waals surface area contributed by atoms with Gasteiger partial charge in [0, 0.05) is 5.02 Å². The number of methoxy groups -OCH3 is 1. The Bertz CT molecular complexity index is 897. The first kappa shape index (κ1) is 22.0. The number of hydrogen-bond donors (Lipinski definition) is 2. The van der Waals surface area contributed by atoms with E-state index in [9.17, 15) is 9.59 Å². The van der Waals surface area contributed by atoms with Crippen molar-refractivity contribution in [3.05, 3.63) is 53.1 Å². The predicted molar refractivity (Wildman–Crippen MR) is 110 cm³/mol. The van der Waals surface area contributed by atoms with Crippen LogP contribution in [0.3, 0.4) is 0 Å². The minimum atomic E-state index is -1.16. The average molecular weight is 420 g/mol. The lowest BCUT2D eigenvalue weighted by Crippen LogP contribution is -2.44. The standard InChI is InChI=1S/C20H22ClN3O5/c1-20(2,29-15-7-5-14(21)6-8-15)19(26)24-23-11-13-4-9-16(17(10-13)27-3)28-12-18(22)25/h4-11H,12H2,1-3H3,(H2,22,25)(H,24,26). The van der Waals surface area contributed by atoms with E-state index >= 15 is 0 Å². The SMILES string of the molecule is COc1cc(C=NNC(=O)C(C)(C)Oc2ccc(Cl)cc2)ccc1OCC(N)=O. The van der Waals surface area contributed by atoms with E-state index in [1.807, 2.05) is 0 Å². The molecule has 0 aliphatic carbocycles. The van der Waals surface area contributed by atoms with E-state index < -0.39 is 17.4 Å². The van der Waals surface area contributed by atoms with Crippen LogP contribution >= 0.6 is 11.6 Å². The van der Waals surface area contributed by atoms with Crippen LogP contribution in [0.1, 0.15) is 19.4 Å². The molecule has 0 aliphatic heterocycles. The van der Waals surface area contributed by atoms with E-state index in [0.29, 0.717) is 27.8 Å². The summed E-state index contributed by atoms with van der Waals surface area (Å²) in [7, 11) is 1.46. The lowest BCUT2D eigenvalue weighted by molar-refractivity contribution is -0.134. The van der Waals surface area contributed by atoms with Crippen LogP contribution in [0, 0.1) is 0 Å². The summed E-state index contributed by atoms with van der Waals surface area (Å²) in [5, 5.41) is 4.52. The monoisotopic (exact) mass is 419 g/mol. The van der Waals surface area contributed by atoms with Crippen molar-refractivity contribution in [3.63, 3.8) is 0 Å². The number of nitrogens with one attached hydrogen (secondary N) is 1. The van der Waals surface area contributed by atoms with E-state index in [4.69, 9.17) is 31.5 Å². The molecule has 9 heteroatoms. The van der Waals surface area contributed by atoms with E-state index in [-0.39, 0.29) is 6.61 Å². The van der Waals surface area contributed by atoms with Gasteiger partial charge in [0.1, 0.15) is 5.75 Å². The normalized spacial score (nSPS) is 11.2. The molecule has 2 rings (SSSR count). The minimum absolute atomic E-state index is 0.261. The molecule has 0 saturated heterocycles. The Kier molecular flexibility index (Phi) is 7.44. The maximum absolute atomic E-state index is 12.4. The van der Waals surface area contributed by atoms with E-state index in [1.165, 1.54) is 13.3 Å². The van der Waals surface area contributed by atoms with Crippen molar-refractivity contribution in [3.8, 4) is 17.2 Å². The van der Waals surface area contributed by atoms with Gasteiger partial charge < -0.3 is 19.9 Å². The van der Waals surface area contributed by atoms with Gasteiger partial charge in [-0.2, -0.15) is 5.10 Å². The molecule has 8 nitrogen and oxygen atoms in total. The molecule has 0 aliphatic rings. The fraction of sp³-hybridized carbons (Fsp3) is 0.250. The second-order valence-electron chi connectivity index (χ2n) is 6.43. The molecular weight excluding hydrogens is 398 g/mol. The first-order chi connectivity index (χ1) is 13.7. The number of carbonyl (C=O) groups is 2. The molecule has 0 atom stereocenters. The van der Waals surface area contributed by atoms with Crippen LogP contribution in [0.25, 0.3) is 0 Å². The smallest absolute Gasteiger partial charge is 0.283 e. The Morgan fingerprint density at radius 1 is 1.17 bits per heavy atom. The number of benzene rings is 2. The molecule has 0 radical (unpaired) electrons. The molecular formula is C20H22ClN3O5. The molecule has 3 N–H and O–H groups in total. The number of carbonyl (C=O) groups excluding carboxylic acids is 2. The average Bonchev–Trinajstić information content (AvgIpc) is 2.68. The predicted octanol–water partition coefficient (Wildman–Crippen LogP) is 2.52. The zero-order chi connectivity index (χ0) is 21.4. The molecule has 0 spiro atoms. The molecule has 0 fully saturated rings. The Morgan fingerprint density at radius 3 is 2.48 bits per heavy atom. The third kappa shape index (κ3) is 6.69. The largest absolute Gasteiger partial charge is 0.493 e. The van der Waals surface area contributed by atoms with Crippen LogP contribution in [0.2, 0.25) is 5.02 Å². The fourth-order valence-corrected chi connectivity index (χ4v) is 2.30. The third-order valence-corrected chi connectivity index (χ3v) is 3.92. The molecule has 2 aromatic carbocycles. The van der Waals surface area contributed by atoms with Crippen molar-refractivity contribution in [2.45, 2.75) is 19.4 Å². The molecule has 29 heavy (non-hydrogen) atoms. The van der Waals surface area contributed by atoms with Crippen molar-refractivity contribution in [2.75, 3.05) is 13.7 Å². The van der Waals surface area contributed by atoms with Crippen molar-refractivity contribution in [1.82, 2.24) is 5.43 Å². The van der Waals surface area contributed by atoms with Gasteiger partial charge in [0.05, 0.1) is 13.3 Å². The molecule has 0 heterocycles. The van der Waals surface area contributed by atoms with Gasteiger partial charge in [0.2, 0.25) is 0 Å². The van der Waals surface area contributed by atoms with Crippen LogP contribution in [0.4, 0.5) is 0 Å². The molecule has 0 bridgehead atoms. The van der Waals surface area contributed by atoms with E-state index in [1.54, 1.807) is 56.3 Å². The molecule has 2 amide bonds. The van der Waals surface area contributed by atoms with Gasteiger partial charge in [0.15, 0.2) is 23.7 Å². The van der Waals surface area contributed by atoms with Gasteiger partial charge in [-0.1, -0.05) is 11.6 Å². The lowest BCUT2D eigenvalue weighted by Gasteiger charge is -2.24. The number of ether oxygens (including phenoxy) is 3. The Hall–Kier alpha value is -3.26.